The Morgan fingerprint density at radius 3 is 2.61 bits per heavy atom. The number of nitrogens with one attached hydrogen (secondary N) is 2. The van der Waals surface area contributed by atoms with Crippen molar-refractivity contribution in [3.05, 3.63) is 53.6 Å². The number of pyridine rings is 1. The Balaban J connectivity index is 1.64. The Labute approximate surface area is 180 Å². The van der Waals surface area contributed by atoms with Crippen LogP contribution < -0.4 is 10.6 Å². The van der Waals surface area contributed by atoms with Gasteiger partial charge in [0.15, 0.2) is 5.65 Å². The quantitative estimate of drug-likeness (QED) is 0.626. The van der Waals surface area contributed by atoms with Crippen LogP contribution in [0, 0.1) is 5.82 Å². The molecular weight excluding hydrogens is 397 g/mol. The monoisotopic (exact) mass is 423 g/mol. The molecule has 162 valence electrons. The fourth-order valence-corrected chi connectivity index (χ4v) is 3.98. The molecule has 1 amide bonds. The summed E-state index contributed by atoms with van der Waals surface area (Å²) in [5.41, 5.74) is 2.63. The van der Waals surface area contributed by atoms with E-state index in [0.29, 0.717) is 36.3 Å². The van der Waals surface area contributed by atoms with Crippen molar-refractivity contribution in [2.24, 2.45) is 0 Å². The van der Waals surface area contributed by atoms with Gasteiger partial charge >= 0.3 is 0 Å². The Morgan fingerprint density at radius 1 is 1.23 bits per heavy atom. The molecule has 2 heterocycles. The molecule has 0 saturated heterocycles. The topological polar surface area (TPSA) is 88.9 Å². The number of aromatic nitrogens is 3. The number of hydrogen-bond acceptors (Lipinski definition) is 5. The lowest BCUT2D eigenvalue weighted by molar-refractivity contribution is -0.120. The number of hydrogen-bond donors (Lipinski definition) is 2. The van der Waals surface area contributed by atoms with Gasteiger partial charge in [-0.25, -0.2) is 14.1 Å². The van der Waals surface area contributed by atoms with Crippen LogP contribution in [-0.2, 0) is 11.3 Å². The first-order chi connectivity index (χ1) is 15.0. The lowest BCUT2D eigenvalue weighted by atomic mass is 9.94. The van der Waals surface area contributed by atoms with Crippen LogP contribution in [0.3, 0.4) is 0 Å². The van der Waals surface area contributed by atoms with Crippen LogP contribution in [0.5, 0.6) is 0 Å². The summed E-state index contributed by atoms with van der Waals surface area (Å²) in [4.78, 5) is 29.3. The van der Waals surface area contributed by atoms with Gasteiger partial charge in [-0.3, -0.25) is 9.59 Å². The van der Waals surface area contributed by atoms with E-state index in [-0.39, 0.29) is 29.6 Å². The molecule has 1 unspecified atom stereocenters. The molecule has 7 nitrogen and oxygen atoms in total. The number of carbonyl (C=O) groups excluding carboxylic acids is 2. The third kappa shape index (κ3) is 4.42. The van der Waals surface area contributed by atoms with Gasteiger partial charge in [0.05, 0.1) is 28.9 Å². The zero-order chi connectivity index (χ0) is 22.0. The Hall–Kier alpha value is -3.29. The molecule has 4 rings (SSSR count). The van der Waals surface area contributed by atoms with Crippen LogP contribution in [0.2, 0.25) is 0 Å². The molecule has 3 aromatic rings. The summed E-state index contributed by atoms with van der Waals surface area (Å²) in [5, 5.41) is 11.6. The second-order valence-corrected chi connectivity index (χ2v) is 7.95. The average molecular weight is 423 g/mol. The fourth-order valence-electron chi connectivity index (χ4n) is 3.98. The molecule has 2 aromatic heterocycles. The van der Waals surface area contributed by atoms with Crippen LogP contribution in [0.15, 0.2) is 36.7 Å². The summed E-state index contributed by atoms with van der Waals surface area (Å²) in [5.74, 6) is -0.310. The van der Waals surface area contributed by atoms with E-state index in [1.165, 1.54) is 12.1 Å². The summed E-state index contributed by atoms with van der Waals surface area (Å²) in [6.07, 6.45) is 5.85. The minimum atomic E-state index is -0.317. The zero-order valence-electron chi connectivity index (χ0n) is 17.7. The molecule has 1 atom stereocenters. The molecular formula is C23H26FN5O2. The molecule has 0 radical (unpaired) electrons. The molecule has 1 aromatic carbocycles. The molecule has 1 saturated carbocycles. The summed E-state index contributed by atoms with van der Waals surface area (Å²) in [7, 11) is 0. The van der Waals surface area contributed by atoms with E-state index in [9.17, 15) is 14.0 Å². The molecule has 31 heavy (non-hydrogen) atoms. The molecule has 0 aliphatic heterocycles. The van der Waals surface area contributed by atoms with Crippen LogP contribution in [-0.4, -0.2) is 32.5 Å². The second kappa shape index (κ2) is 8.83. The van der Waals surface area contributed by atoms with E-state index in [1.807, 2.05) is 13.8 Å². The van der Waals surface area contributed by atoms with Crippen molar-refractivity contribution in [3.8, 4) is 0 Å². The van der Waals surface area contributed by atoms with Crippen LogP contribution in [0.1, 0.15) is 61.5 Å². The molecule has 1 aliphatic rings. The van der Waals surface area contributed by atoms with E-state index in [4.69, 9.17) is 0 Å². The number of fused-ring (bicyclic) bond motifs is 1. The number of aryl methyl sites for hydroxylation is 1. The standard InChI is InChI=1S/C23H26FN5O2/c1-3-29-22-19(13-26-29)21(28-17-8-10-18(30)11-9-17)20(12-25-22)23(31)27-14(2)15-4-6-16(24)7-5-15/h4-7,12-14,17H,3,8-11H2,1-2H3,(H,25,28)(H,27,31). The molecule has 0 spiro atoms. The van der Waals surface area contributed by atoms with E-state index in [1.54, 1.807) is 29.2 Å². The number of rotatable bonds is 6. The highest BCUT2D eigenvalue weighted by Crippen LogP contribution is 2.30. The highest BCUT2D eigenvalue weighted by molar-refractivity contribution is 6.06. The van der Waals surface area contributed by atoms with Crippen molar-refractivity contribution in [1.29, 1.82) is 0 Å². The number of ketones is 1. The van der Waals surface area contributed by atoms with Crippen molar-refractivity contribution in [2.45, 2.75) is 58.2 Å². The van der Waals surface area contributed by atoms with Crippen molar-refractivity contribution >= 4 is 28.4 Å². The fraction of sp³-hybridized carbons (Fsp3) is 0.391. The average Bonchev–Trinajstić information content (AvgIpc) is 3.19. The highest BCUT2D eigenvalue weighted by atomic mass is 19.1. The van der Waals surface area contributed by atoms with Gasteiger partial charge in [0.25, 0.3) is 5.91 Å². The van der Waals surface area contributed by atoms with E-state index in [0.717, 1.165) is 23.8 Å². The Morgan fingerprint density at radius 2 is 1.94 bits per heavy atom. The third-order valence-electron chi connectivity index (χ3n) is 5.82. The second-order valence-electron chi connectivity index (χ2n) is 7.95. The van der Waals surface area contributed by atoms with Gasteiger partial charge in [0, 0.05) is 31.6 Å². The first-order valence-electron chi connectivity index (χ1n) is 10.6. The van der Waals surface area contributed by atoms with Gasteiger partial charge in [-0.05, 0) is 44.4 Å². The summed E-state index contributed by atoms with van der Waals surface area (Å²) >= 11 is 0. The van der Waals surface area contributed by atoms with E-state index >= 15 is 0 Å². The molecule has 2 N–H and O–H groups in total. The minimum absolute atomic E-state index is 0.106. The molecule has 1 aliphatic carbocycles. The molecule has 1 fully saturated rings. The van der Waals surface area contributed by atoms with Gasteiger partial charge in [0.2, 0.25) is 0 Å². The van der Waals surface area contributed by atoms with Crippen molar-refractivity contribution in [3.63, 3.8) is 0 Å². The van der Waals surface area contributed by atoms with E-state index in [2.05, 4.69) is 20.7 Å². The van der Waals surface area contributed by atoms with Gasteiger partial charge < -0.3 is 10.6 Å². The normalized spacial score (nSPS) is 15.8. The van der Waals surface area contributed by atoms with Crippen molar-refractivity contribution in [1.82, 2.24) is 20.1 Å². The van der Waals surface area contributed by atoms with Gasteiger partial charge in [-0.1, -0.05) is 12.1 Å². The Kier molecular flexibility index (Phi) is 5.97. The highest BCUT2D eigenvalue weighted by Gasteiger charge is 2.24. The lowest BCUT2D eigenvalue weighted by Gasteiger charge is -2.25. The number of benzene rings is 1. The number of Topliss-reactive ketones (excluding diaryl/α,β-unsaturated/α-hetero) is 1. The maximum Gasteiger partial charge on any atom is 0.255 e. The lowest BCUT2D eigenvalue weighted by Crippen LogP contribution is -2.30. The number of anilines is 1. The first kappa shape index (κ1) is 21.0. The number of amides is 1. The summed E-state index contributed by atoms with van der Waals surface area (Å²) < 4.78 is 15.0. The van der Waals surface area contributed by atoms with Gasteiger partial charge in [-0.15, -0.1) is 0 Å². The maximum atomic E-state index is 13.2. The maximum absolute atomic E-state index is 13.2. The van der Waals surface area contributed by atoms with Gasteiger partial charge in [0.1, 0.15) is 11.6 Å². The predicted molar refractivity (Wildman–Crippen MR) is 116 cm³/mol. The predicted octanol–water partition coefficient (Wildman–Crippen LogP) is 4.00. The number of nitrogens with zero attached hydrogens (tertiary/aromatic N) is 3. The van der Waals surface area contributed by atoms with Gasteiger partial charge in [-0.2, -0.15) is 5.10 Å². The van der Waals surface area contributed by atoms with Crippen molar-refractivity contribution < 1.29 is 14.0 Å². The van der Waals surface area contributed by atoms with Crippen LogP contribution in [0.25, 0.3) is 11.0 Å². The van der Waals surface area contributed by atoms with E-state index < -0.39 is 0 Å². The largest absolute Gasteiger partial charge is 0.381 e. The Bertz CT molecular complexity index is 1100. The zero-order valence-corrected chi connectivity index (χ0v) is 17.7. The third-order valence-corrected chi connectivity index (χ3v) is 5.82. The van der Waals surface area contributed by atoms with Crippen LogP contribution in [0.4, 0.5) is 10.1 Å². The number of halogens is 1. The smallest absolute Gasteiger partial charge is 0.255 e. The van der Waals surface area contributed by atoms with Crippen LogP contribution >= 0.6 is 0 Å². The molecule has 0 bridgehead atoms. The number of carbonyl (C=O) groups is 2. The van der Waals surface area contributed by atoms with Crippen molar-refractivity contribution in [2.75, 3.05) is 5.32 Å². The molecule has 8 heteroatoms. The summed E-state index contributed by atoms with van der Waals surface area (Å²) in [6, 6.07) is 5.87. The summed E-state index contributed by atoms with van der Waals surface area (Å²) in [6.45, 7) is 4.51. The SMILES string of the molecule is CCn1ncc2c(NC3CCC(=O)CC3)c(C(=O)NC(C)c3ccc(F)cc3)cnc21. The minimum Gasteiger partial charge on any atom is -0.381 e. The first-order valence-corrected chi connectivity index (χ1v) is 10.6.